The molecule has 0 saturated heterocycles. The van der Waals surface area contributed by atoms with Crippen molar-refractivity contribution in [2.75, 3.05) is 11.9 Å². The molecule has 1 heterocycles. The zero-order valence-corrected chi connectivity index (χ0v) is 22.9. The Morgan fingerprint density at radius 3 is 2.43 bits per heavy atom. The Hall–Kier alpha value is -3.40. The van der Waals surface area contributed by atoms with E-state index in [1.54, 1.807) is 56.3 Å². The zero-order chi connectivity index (χ0) is 27.1. The highest BCUT2D eigenvalue weighted by atomic mass is 35.5. The third-order valence-electron chi connectivity index (χ3n) is 5.22. The van der Waals surface area contributed by atoms with Crippen LogP contribution in [0.3, 0.4) is 0 Å². The number of nitrogens with one attached hydrogen (secondary N) is 2. The lowest BCUT2D eigenvalue weighted by molar-refractivity contribution is -0.127. The number of esters is 1. The molecule has 0 fully saturated rings. The van der Waals surface area contributed by atoms with Gasteiger partial charge in [0.2, 0.25) is 0 Å². The van der Waals surface area contributed by atoms with E-state index in [1.807, 2.05) is 13.8 Å². The third-order valence-corrected chi connectivity index (χ3v) is 7.08. The molecular weight excluding hydrogens is 537 g/mol. The highest BCUT2D eigenvalue weighted by Crippen LogP contribution is 2.33. The first kappa shape index (κ1) is 28.2. The minimum absolute atomic E-state index is 0.238. The summed E-state index contributed by atoms with van der Waals surface area (Å²) < 4.78 is 10.8. The molecule has 0 saturated carbocycles. The van der Waals surface area contributed by atoms with Crippen LogP contribution in [0.5, 0.6) is 5.75 Å². The first-order valence-electron chi connectivity index (χ1n) is 11.2. The van der Waals surface area contributed by atoms with Crippen molar-refractivity contribution in [3.8, 4) is 5.75 Å². The molecule has 2 aromatic carbocycles. The summed E-state index contributed by atoms with van der Waals surface area (Å²) in [6.45, 7) is 7.23. The van der Waals surface area contributed by atoms with Crippen molar-refractivity contribution in [3.63, 3.8) is 0 Å². The number of carbonyl (C=O) groups is 3. The summed E-state index contributed by atoms with van der Waals surface area (Å²) in [6, 6.07) is 11.2. The average Bonchev–Trinajstić information content (AvgIpc) is 3.14. The van der Waals surface area contributed by atoms with E-state index in [2.05, 4.69) is 15.8 Å². The van der Waals surface area contributed by atoms with Gasteiger partial charge in [-0.2, -0.15) is 5.10 Å². The van der Waals surface area contributed by atoms with Crippen LogP contribution in [0.25, 0.3) is 0 Å². The molecule has 2 N–H and O–H groups in total. The smallest absolute Gasteiger partial charge is 0.341 e. The van der Waals surface area contributed by atoms with Crippen LogP contribution in [-0.2, 0) is 9.53 Å². The molecule has 0 aliphatic rings. The Morgan fingerprint density at radius 2 is 1.78 bits per heavy atom. The topological polar surface area (TPSA) is 106 Å². The summed E-state index contributed by atoms with van der Waals surface area (Å²) >= 11 is 13.2. The van der Waals surface area contributed by atoms with Crippen LogP contribution in [0.1, 0.15) is 50.6 Å². The quantitative estimate of drug-likeness (QED) is 0.189. The lowest BCUT2D eigenvalue weighted by atomic mass is 10.1. The van der Waals surface area contributed by atoms with Crippen LogP contribution in [-0.4, -0.2) is 36.7 Å². The van der Waals surface area contributed by atoms with Gasteiger partial charge in [0.1, 0.15) is 10.8 Å². The first-order valence-corrected chi connectivity index (χ1v) is 12.8. The molecule has 11 heteroatoms. The number of ether oxygens (including phenoxy) is 2. The monoisotopic (exact) mass is 561 g/mol. The number of hydrazone groups is 1. The van der Waals surface area contributed by atoms with Crippen LogP contribution in [0.2, 0.25) is 10.0 Å². The fraction of sp³-hybridized carbons (Fsp3) is 0.231. The summed E-state index contributed by atoms with van der Waals surface area (Å²) in [5.74, 6) is -0.937. The maximum Gasteiger partial charge on any atom is 0.341 e. The average molecular weight is 562 g/mol. The Labute approximate surface area is 228 Å². The number of aryl methyl sites for hydroxylation is 1. The Balaban J connectivity index is 1.58. The van der Waals surface area contributed by atoms with Gasteiger partial charge in [-0.25, -0.2) is 10.2 Å². The van der Waals surface area contributed by atoms with Gasteiger partial charge in [0.25, 0.3) is 11.8 Å². The highest BCUT2D eigenvalue weighted by Gasteiger charge is 2.22. The van der Waals surface area contributed by atoms with Crippen molar-refractivity contribution in [1.82, 2.24) is 5.43 Å². The number of hydrogen-bond acceptors (Lipinski definition) is 7. The van der Waals surface area contributed by atoms with Gasteiger partial charge in [-0.15, -0.1) is 11.3 Å². The van der Waals surface area contributed by atoms with E-state index in [0.717, 1.165) is 10.4 Å². The van der Waals surface area contributed by atoms with Crippen molar-refractivity contribution >= 4 is 63.5 Å². The van der Waals surface area contributed by atoms with Crippen LogP contribution in [0.4, 0.5) is 5.00 Å². The Kier molecular flexibility index (Phi) is 9.68. The van der Waals surface area contributed by atoms with Gasteiger partial charge in [0.15, 0.2) is 6.10 Å². The van der Waals surface area contributed by atoms with E-state index < -0.39 is 18.0 Å². The number of rotatable bonds is 9. The van der Waals surface area contributed by atoms with E-state index in [4.69, 9.17) is 32.7 Å². The number of hydrogen-bond donors (Lipinski definition) is 2. The zero-order valence-electron chi connectivity index (χ0n) is 20.6. The van der Waals surface area contributed by atoms with Crippen molar-refractivity contribution in [3.05, 3.63) is 79.6 Å². The van der Waals surface area contributed by atoms with Gasteiger partial charge in [-0.1, -0.05) is 29.3 Å². The predicted octanol–water partition coefficient (Wildman–Crippen LogP) is 6.02. The van der Waals surface area contributed by atoms with Gasteiger partial charge in [0.05, 0.1) is 28.4 Å². The van der Waals surface area contributed by atoms with Gasteiger partial charge < -0.3 is 14.8 Å². The van der Waals surface area contributed by atoms with E-state index in [9.17, 15) is 14.4 Å². The molecule has 37 heavy (non-hydrogen) atoms. The molecule has 8 nitrogen and oxygen atoms in total. The predicted molar refractivity (Wildman–Crippen MR) is 146 cm³/mol. The largest absolute Gasteiger partial charge is 0.481 e. The van der Waals surface area contributed by atoms with Gasteiger partial charge in [-0.3, -0.25) is 9.59 Å². The molecule has 1 unspecified atom stereocenters. The van der Waals surface area contributed by atoms with Crippen molar-refractivity contribution in [2.24, 2.45) is 5.10 Å². The highest BCUT2D eigenvalue weighted by molar-refractivity contribution is 7.16. The summed E-state index contributed by atoms with van der Waals surface area (Å²) in [5, 5.41) is 7.93. The van der Waals surface area contributed by atoms with Gasteiger partial charge >= 0.3 is 5.97 Å². The normalized spacial score (nSPS) is 11.7. The molecule has 1 atom stereocenters. The van der Waals surface area contributed by atoms with Crippen molar-refractivity contribution < 1.29 is 23.9 Å². The summed E-state index contributed by atoms with van der Waals surface area (Å²) in [5.41, 5.74) is 4.56. The molecular formula is C26H25Cl2N3O5S. The van der Waals surface area contributed by atoms with Crippen LogP contribution >= 0.6 is 34.5 Å². The molecule has 0 aliphatic carbocycles. The summed E-state index contributed by atoms with van der Waals surface area (Å²) in [4.78, 5) is 38.4. The van der Waals surface area contributed by atoms with Crippen molar-refractivity contribution in [2.45, 2.75) is 33.8 Å². The number of amides is 2. The summed E-state index contributed by atoms with van der Waals surface area (Å²) in [6.07, 6.45) is 0.583. The number of thiophene rings is 1. The molecule has 2 amide bonds. The van der Waals surface area contributed by atoms with E-state index >= 15 is 0 Å². The minimum atomic E-state index is -0.852. The Morgan fingerprint density at radius 1 is 1.08 bits per heavy atom. The number of nitrogens with zero attached hydrogens (tertiary/aromatic N) is 1. The Bertz CT molecular complexity index is 1340. The van der Waals surface area contributed by atoms with E-state index in [-0.39, 0.29) is 12.5 Å². The number of anilines is 1. The first-order chi connectivity index (χ1) is 17.6. The fourth-order valence-electron chi connectivity index (χ4n) is 3.14. The molecule has 0 spiro atoms. The maximum atomic E-state index is 12.8. The second-order valence-corrected chi connectivity index (χ2v) is 9.89. The third kappa shape index (κ3) is 7.31. The molecule has 194 valence electrons. The molecule has 3 aromatic rings. The lowest BCUT2D eigenvalue weighted by Crippen LogP contribution is -2.33. The van der Waals surface area contributed by atoms with Crippen molar-refractivity contribution in [1.29, 1.82) is 0 Å². The van der Waals surface area contributed by atoms with Crippen LogP contribution in [0, 0.1) is 13.8 Å². The number of benzene rings is 2. The van der Waals surface area contributed by atoms with E-state index in [1.165, 1.54) is 17.6 Å². The SMILES string of the molecule is CCOC(=O)c1c(NC(=O)c2ccc(OC(C)C(=O)NN=Cc3ccc(Cl)c(Cl)c3)cc2)sc(C)c1C. The summed E-state index contributed by atoms with van der Waals surface area (Å²) in [7, 11) is 0. The van der Waals surface area contributed by atoms with Crippen LogP contribution < -0.4 is 15.5 Å². The molecule has 1 aromatic heterocycles. The second kappa shape index (κ2) is 12.7. The molecule has 0 aliphatic heterocycles. The lowest BCUT2D eigenvalue weighted by Gasteiger charge is -2.13. The van der Waals surface area contributed by atoms with Gasteiger partial charge in [-0.05, 0) is 75.2 Å². The number of halogens is 2. The molecule has 0 radical (unpaired) electrons. The second-order valence-electron chi connectivity index (χ2n) is 7.85. The van der Waals surface area contributed by atoms with E-state index in [0.29, 0.717) is 37.5 Å². The maximum absolute atomic E-state index is 12.8. The molecule has 0 bridgehead atoms. The number of carbonyl (C=O) groups excluding carboxylic acids is 3. The van der Waals surface area contributed by atoms with Crippen LogP contribution in [0.15, 0.2) is 47.6 Å². The fourth-order valence-corrected chi connectivity index (χ4v) is 4.49. The standard InChI is InChI=1S/C26H25Cl2N3O5S/c1-5-35-26(34)22-14(2)16(4)37-25(22)30-24(33)18-7-9-19(10-8-18)36-15(3)23(32)31-29-13-17-6-11-20(27)21(28)12-17/h6-13,15H,5H2,1-4H3,(H,30,33)(H,31,32). The minimum Gasteiger partial charge on any atom is -0.481 e. The molecule has 3 rings (SSSR count). The van der Waals surface area contributed by atoms with Gasteiger partial charge in [0, 0.05) is 10.4 Å².